The molecular weight excluding hydrogens is 546 g/mol. The van der Waals surface area contributed by atoms with Gasteiger partial charge in [-0.1, -0.05) is 121 Å². The van der Waals surface area contributed by atoms with Crippen LogP contribution in [0.2, 0.25) is 0 Å². The first-order chi connectivity index (χ1) is 22.3. The molecule has 0 radical (unpaired) electrons. The highest BCUT2D eigenvalue weighted by Crippen LogP contribution is 2.33. The lowest BCUT2D eigenvalue weighted by atomic mass is 9.89. The van der Waals surface area contributed by atoms with Crippen LogP contribution in [0.4, 0.5) is 0 Å². The van der Waals surface area contributed by atoms with Crippen LogP contribution in [0.1, 0.15) is 24.2 Å². The molecule has 2 aromatic heterocycles. The molecule has 1 aliphatic rings. The molecule has 45 heavy (non-hydrogen) atoms. The Morgan fingerprint density at radius 1 is 0.422 bits per heavy atom. The maximum Gasteiger partial charge on any atom is 0.157 e. The number of hydrogen-bond donors (Lipinski definition) is 0. The van der Waals surface area contributed by atoms with E-state index < -0.39 is 0 Å². The van der Waals surface area contributed by atoms with Gasteiger partial charge in [0.15, 0.2) is 5.82 Å². The van der Waals surface area contributed by atoms with Gasteiger partial charge in [-0.2, -0.15) is 0 Å². The molecule has 3 nitrogen and oxygen atoms in total. The van der Waals surface area contributed by atoms with E-state index in [-0.39, 0.29) is 0 Å². The lowest BCUT2D eigenvalue weighted by molar-refractivity contribution is 1.00. The van der Waals surface area contributed by atoms with E-state index in [1.54, 1.807) is 0 Å². The van der Waals surface area contributed by atoms with Gasteiger partial charge in [0.25, 0.3) is 0 Å². The second kappa shape index (κ2) is 10.4. The first kappa shape index (κ1) is 25.7. The summed E-state index contributed by atoms with van der Waals surface area (Å²) in [5, 5.41) is 6.12. The summed E-state index contributed by atoms with van der Waals surface area (Å²) >= 11 is 0. The first-order valence-corrected chi connectivity index (χ1v) is 15.6. The number of fused-ring (bicyclic) bond motifs is 5. The van der Waals surface area contributed by atoms with Crippen LogP contribution in [-0.4, -0.2) is 14.5 Å². The van der Waals surface area contributed by atoms with Crippen molar-refractivity contribution in [2.45, 2.75) is 12.8 Å². The van der Waals surface area contributed by atoms with E-state index >= 15 is 0 Å². The molecule has 0 spiro atoms. The van der Waals surface area contributed by atoms with Crippen molar-refractivity contribution in [1.82, 2.24) is 14.5 Å². The van der Waals surface area contributed by atoms with Gasteiger partial charge in [-0.25, -0.2) is 9.97 Å². The summed E-state index contributed by atoms with van der Waals surface area (Å²) < 4.78 is 2.38. The zero-order valence-electron chi connectivity index (χ0n) is 24.7. The van der Waals surface area contributed by atoms with Gasteiger partial charge in [0.05, 0.1) is 22.2 Å². The summed E-state index contributed by atoms with van der Waals surface area (Å²) in [4.78, 5) is 10.3. The molecule has 9 rings (SSSR count). The number of para-hydroxylation sites is 3. The average molecular weight is 576 g/mol. The van der Waals surface area contributed by atoms with Crippen molar-refractivity contribution in [3.05, 3.63) is 173 Å². The average Bonchev–Trinajstić information content (AvgIpc) is 3.45. The number of benzene rings is 6. The third kappa shape index (κ3) is 4.20. The normalized spacial score (nSPS) is 13.1. The van der Waals surface area contributed by atoms with Crippen molar-refractivity contribution in [3.8, 4) is 16.9 Å². The number of rotatable bonds is 4. The van der Waals surface area contributed by atoms with E-state index in [4.69, 9.17) is 9.97 Å². The van der Waals surface area contributed by atoms with Crippen LogP contribution in [0.5, 0.6) is 0 Å². The minimum atomic E-state index is 0.820. The largest absolute Gasteiger partial charge is 0.309 e. The Labute approximate surface area is 261 Å². The lowest BCUT2D eigenvalue weighted by Gasteiger charge is -2.18. The maximum atomic E-state index is 5.22. The molecule has 3 heteroatoms. The summed E-state index contributed by atoms with van der Waals surface area (Å²) in [6.45, 7) is 0. The summed E-state index contributed by atoms with van der Waals surface area (Å²) in [5.41, 5.74) is 10.5. The van der Waals surface area contributed by atoms with Crippen LogP contribution in [0, 0.1) is 0 Å². The van der Waals surface area contributed by atoms with Crippen LogP contribution in [0.15, 0.2) is 152 Å². The van der Waals surface area contributed by atoms with Gasteiger partial charge in [-0.05, 0) is 64.7 Å². The van der Waals surface area contributed by atoms with Crippen LogP contribution in [0.25, 0.3) is 60.8 Å². The molecule has 1 aliphatic carbocycles. The molecule has 0 N–H and O–H groups in total. The van der Waals surface area contributed by atoms with Gasteiger partial charge in [0.1, 0.15) is 0 Å². The molecule has 6 aromatic carbocycles. The lowest BCUT2D eigenvalue weighted by Crippen LogP contribution is -2.33. The minimum Gasteiger partial charge on any atom is -0.309 e. The molecule has 0 saturated carbocycles. The fraction of sp³-hybridized carbons (Fsp3) is 0.0476. The van der Waals surface area contributed by atoms with Crippen LogP contribution in [0.3, 0.4) is 0 Å². The van der Waals surface area contributed by atoms with Crippen molar-refractivity contribution in [1.29, 1.82) is 0 Å². The number of hydrogen-bond acceptors (Lipinski definition) is 2. The zero-order chi connectivity index (χ0) is 29.7. The fourth-order valence-corrected chi connectivity index (χ4v) is 7.10. The number of nitrogens with zero attached hydrogens (tertiary/aromatic N) is 3. The van der Waals surface area contributed by atoms with Crippen molar-refractivity contribution < 1.29 is 0 Å². The Hall–Kier alpha value is -5.80. The molecule has 0 atom stereocenters. The fourth-order valence-electron chi connectivity index (χ4n) is 7.10. The molecule has 212 valence electrons. The Kier molecular flexibility index (Phi) is 5.95. The van der Waals surface area contributed by atoms with E-state index in [9.17, 15) is 0 Å². The predicted octanol–water partition coefficient (Wildman–Crippen LogP) is 8.59. The monoisotopic (exact) mass is 575 g/mol. The molecule has 2 heterocycles. The topological polar surface area (TPSA) is 30.7 Å². The van der Waals surface area contributed by atoms with Crippen LogP contribution in [-0.2, 0) is 0 Å². The van der Waals surface area contributed by atoms with Gasteiger partial charge in [0.2, 0.25) is 0 Å². The third-order valence-electron chi connectivity index (χ3n) is 9.18. The molecule has 0 saturated heterocycles. The van der Waals surface area contributed by atoms with Gasteiger partial charge in [-0.15, -0.1) is 0 Å². The quantitative estimate of drug-likeness (QED) is 0.210. The summed E-state index contributed by atoms with van der Waals surface area (Å²) in [5.74, 6) is 0.820. The Balaban J connectivity index is 1.21. The van der Waals surface area contributed by atoms with Crippen molar-refractivity contribution in [2.75, 3.05) is 0 Å². The zero-order valence-corrected chi connectivity index (χ0v) is 24.7. The molecule has 0 unspecified atom stereocenters. The van der Waals surface area contributed by atoms with E-state index in [0.29, 0.717) is 0 Å². The van der Waals surface area contributed by atoms with E-state index in [1.165, 1.54) is 54.6 Å². The molecule has 0 amide bonds. The van der Waals surface area contributed by atoms with Gasteiger partial charge < -0.3 is 4.57 Å². The van der Waals surface area contributed by atoms with Crippen molar-refractivity contribution in [3.63, 3.8) is 0 Å². The minimum absolute atomic E-state index is 0.820. The number of aromatic nitrogens is 3. The van der Waals surface area contributed by atoms with E-state index in [2.05, 4.69) is 150 Å². The second-order valence-corrected chi connectivity index (χ2v) is 11.7. The van der Waals surface area contributed by atoms with Crippen molar-refractivity contribution in [2.24, 2.45) is 0 Å². The maximum absolute atomic E-state index is 5.22. The molecule has 0 aliphatic heterocycles. The van der Waals surface area contributed by atoms with E-state index in [1.807, 2.05) is 6.07 Å². The summed E-state index contributed by atoms with van der Waals surface area (Å²) in [7, 11) is 0. The second-order valence-electron chi connectivity index (χ2n) is 11.7. The summed E-state index contributed by atoms with van der Waals surface area (Å²) in [6.07, 6.45) is 1.81. The highest BCUT2D eigenvalue weighted by atomic mass is 15.0. The van der Waals surface area contributed by atoms with Crippen molar-refractivity contribution >= 4 is 43.9 Å². The Morgan fingerprint density at radius 2 is 0.978 bits per heavy atom. The van der Waals surface area contributed by atoms with Crippen LogP contribution < -0.4 is 10.4 Å². The first-order valence-electron chi connectivity index (χ1n) is 15.6. The predicted molar refractivity (Wildman–Crippen MR) is 186 cm³/mol. The third-order valence-corrected chi connectivity index (χ3v) is 9.18. The van der Waals surface area contributed by atoms with Crippen LogP contribution >= 0.6 is 0 Å². The standard InChI is InChI=1S/C42H29N3/c1-2-12-29(13-3-1)41-37-18-6-9-19-38(37)43-42(44-41)36-27-26-31(32-14-4-5-15-33(32)36)28-22-24-30(25-23-28)45-39-20-10-7-16-34(39)35-17-8-11-21-40(35)45/h1-25H,26-27H2. The molecule has 0 bridgehead atoms. The van der Waals surface area contributed by atoms with E-state index in [0.717, 1.165) is 40.8 Å². The van der Waals surface area contributed by atoms with Gasteiger partial charge >= 0.3 is 0 Å². The Bertz CT molecular complexity index is 2470. The SMILES string of the molecule is c1ccc(-c2nc(C3=c4ccccc4=C(c4ccc(-n5c6ccccc6c6ccccc65)cc4)CC3)nc3ccccc23)cc1. The Morgan fingerprint density at radius 3 is 1.69 bits per heavy atom. The highest BCUT2D eigenvalue weighted by molar-refractivity contribution is 6.09. The van der Waals surface area contributed by atoms with Gasteiger partial charge in [0, 0.05) is 33.0 Å². The molecule has 8 aromatic rings. The molecular formula is C42H29N3. The highest BCUT2D eigenvalue weighted by Gasteiger charge is 2.19. The molecule has 0 fully saturated rings. The summed E-state index contributed by atoms with van der Waals surface area (Å²) in [6, 6.07) is 54.0. The smallest absolute Gasteiger partial charge is 0.157 e. The van der Waals surface area contributed by atoms with Gasteiger partial charge in [-0.3, -0.25) is 0 Å².